The van der Waals surface area contributed by atoms with E-state index in [0.29, 0.717) is 6.04 Å². The Kier molecular flexibility index (Phi) is 9.16. The maximum absolute atomic E-state index is 4.32. The highest BCUT2D eigenvalue weighted by atomic mass is 127. The fourth-order valence-electron chi connectivity index (χ4n) is 2.64. The molecule has 2 N–H and O–H groups in total. The average Bonchev–Trinajstić information content (AvgIpc) is 2.96. The Balaban J connectivity index is 0.00000242. The van der Waals surface area contributed by atoms with E-state index in [-0.39, 0.29) is 24.0 Å². The van der Waals surface area contributed by atoms with Gasteiger partial charge in [0.25, 0.3) is 0 Å². The minimum absolute atomic E-state index is 0. The number of aliphatic imine (C=N–C) groups is 1. The van der Waals surface area contributed by atoms with Crippen molar-refractivity contribution in [1.82, 2.24) is 15.6 Å². The van der Waals surface area contributed by atoms with Crippen molar-refractivity contribution >= 4 is 41.7 Å². The first-order chi connectivity index (χ1) is 10.2. The van der Waals surface area contributed by atoms with E-state index in [4.69, 9.17) is 0 Å². The summed E-state index contributed by atoms with van der Waals surface area (Å²) in [6.07, 6.45) is 8.91. The van der Waals surface area contributed by atoms with Crippen molar-refractivity contribution in [1.29, 1.82) is 0 Å². The van der Waals surface area contributed by atoms with Crippen molar-refractivity contribution in [3.05, 3.63) is 29.6 Å². The van der Waals surface area contributed by atoms with Gasteiger partial charge in [-0.15, -0.1) is 24.0 Å². The maximum atomic E-state index is 4.32. The minimum atomic E-state index is 0. The molecule has 1 heterocycles. The van der Waals surface area contributed by atoms with Crippen molar-refractivity contribution in [3.63, 3.8) is 0 Å². The molecule has 6 heteroatoms. The molecule has 0 spiro atoms. The SMILES string of the molecule is CN=C(NCCc1ccc(C)nc1)NC1CCC(SC)C1.I. The van der Waals surface area contributed by atoms with Crippen LogP contribution < -0.4 is 10.6 Å². The number of halogens is 1. The van der Waals surface area contributed by atoms with Crippen LogP contribution in [-0.2, 0) is 6.42 Å². The first-order valence-corrected chi connectivity index (χ1v) is 8.91. The standard InChI is InChI=1S/C16H26N4S.HI/c1-12-4-5-13(11-19-12)8-9-18-16(17-2)20-14-6-7-15(10-14)21-3;/h4-5,11,14-15H,6-10H2,1-3H3,(H2,17,18,20);1H. The van der Waals surface area contributed by atoms with Gasteiger partial charge < -0.3 is 10.6 Å². The van der Waals surface area contributed by atoms with Crippen molar-refractivity contribution < 1.29 is 0 Å². The molecule has 1 saturated carbocycles. The van der Waals surface area contributed by atoms with Gasteiger partial charge in [0.2, 0.25) is 0 Å². The summed E-state index contributed by atoms with van der Waals surface area (Å²) in [6.45, 7) is 2.89. The predicted octanol–water partition coefficient (Wildman–Crippen LogP) is 3.00. The van der Waals surface area contributed by atoms with Crippen molar-refractivity contribution in [2.24, 2.45) is 4.99 Å². The third-order valence-electron chi connectivity index (χ3n) is 3.96. The molecule has 1 aliphatic rings. The number of guanidine groups is 1. The van der Waals surface area contributed by atoms with Gasteiger partial charge in [0.15, 0.2) is 5.96 Å². The molecular formula is C16H27IN4S. The van der Waals surface area contributed by atoms with Gasteiger partial charge in [-0.3, -0.25) is 9.98 Å². The topological polar surface area (TPSA) is 49.3 Å². The van der Waals surface area contributed by atoms with Crippen LogP contribution in [0.3, 0.4) is 0 Å². The second kappa shape index (κ2) is 10.3. The Morgan fingerprint density at radius 1 is 1.41 bits per heavy atom. The van der Waals surface area contributed by atoms with E-state index < -0.39 is 0 Å². The lowest BCUT2D eigenvalue weighted by atomic mass is 10.2. The first-order valence-electron chi connectivity index (χ1n) is 7.62. The summed E-state index contributed by atoms with van der Waals surface area (Å²) in [5, 5.41) is 7.74. The Morgan fingerprint density at radius 2 is 2.23 bits per heavy atom. The Labute approximate surface area is 155 Å². The lowest BCUT2D eigenvalue weighted by Crippen LogP contribution is -2.43. The Bertz CT molecular complexity index is 464. The zero-order valence-electron chi connectivity index (χ0n) is 13.6. The van der Waals surface area contributed by atoms with Crippen LogP contribution in [0.2, 0.25) is 0 Å². The summed E-state index contributed by atoms with van der Waals surface area (Å²) in [4.78, 5) is 8.64. The van der Waals surface area contributed by atoms with E-state index >= 15 is 0 Å². The molecule has 1 aromatic heterocycles. The highest BCUT2D eigenvalue weighted by Crippen LogP contribution is 2.27. The van der Waals surface area contributed by atoms with Gasteiger partial charge in [-0.05, 0) is 50.5 Å². The van der Waals surface area contributed by atoms with Crippen LogP contribution in [0.1, 0.15) is 30.5 Å². The fourth-order valence-corrected chi connectivity index (χ4v) is 3.44. The van der Waals surface area contributed by atoms with Gasteiger partial charge in [0.1, 0.15) is 0 Å². The van der Waals surface area contributed by atoms with E-state index in [2.05, 4.69) is 39.0 Å². The van der Waals surface area contributed by atoms with Gasteiger partial charge >= 0.3 is 0 Å². The number of rotatable bonds is 5. The molecule has 1 fully saturated rings. The number of aromatic nitrogens is 1. The molecule has 0 aromatic carbocycles. The molecule has 0 bridgehead atoms. The minimum Gasteiger partial charge on any atom is -0.356 e. The van der Waals surface area contributed by atoms with E-state index in [9.17, 15) is 0 Å². The number of hydrogen-bond acceptors (Lipinski definition) is 3. The largest absolute Gasteiger partial charge is 0.356 e. The number of aryl methyl sites for hydroxylation is 1. The highest BCUT2D eigenvalue weighted by Gasteiger charge is 2.24. The Hall–Kier alpha value is -0.500. The molecular weight excluding hydrogens is 407 g/mol. The van der Waals surface area contributed by atoms with E-state index in [1.54, 1.807) is 0 Å². The van der Waals surface area contributed by atoms with Gasteiger partial charge in [-0.2, -0.15) is 11.8 Å². The van der Waals surface area contributed by atoms with Crippen LogP contribution in [0.4, 0.5) is 0 Å². The summed E-state index contributed by atoms with van der Waals surface area (Å²) in [7, 11) is 1.84. The molecule has 2 unspecified atom stereocenters. The molecule has 0 amide bonds. The smallest absolute Gasteiger partial charge is 0.191 e. The zero-order valence-corrected chi connectivity index (χ0v) is 16.8. The van der Waals surface area contributed by atoms with Gasteiger partial charge in [-0.1, -0.05) is 6.07 Å². The van der Waals surface area contributed by atoms with Crippen LogP contribution in [0.15, 0.2) is 23.3 Å². The lowest BCUT2D eigenvalue weighted by molar-refractivity contribution is 0.614. The number of hydrogen-bond donors (Lipinski definition) is 2. The monoisotopic (exact) mass is 434 g/mol. The summed E-state index contributed by atoms with van der Waals surface area (Å²) in [5.74, 6) is 0.918. The van der Waals surface area contributed by atoms with Crippen LogP contribution in [0, 0.1) is 6.92 Å². The molecule has 1 aliphatic carbocycles. The van der Waals surface area contributed by atoms with E-state index in [1.165, 1.54) is 24.8 Å². The van der Waals surface area contributed by atoms with Crippen molar-refractivity contribution in [3.8, 4) is 0 Å². The van der Waals surface area contributed by atoms with Crippen LogP contribution >= 0.6 is 35.7 Å². The normalized spacial score (nSPS) is 21.3. The average molecular weight is 434 g/mol. The number of thioether (sulfide) groups is 1. The fraction of sp³-hybridized carbons (Fsp3) is 0.625. The molecule has 0 radical (unpaired) electrons. The summed E-state index contributed by atoms with van der Waals surface area (Å²) < 4.78 is 0. The lowest BCUT2D eigenvalue weighted by Gasteiger charge is -2.17. The van der Waals surface area contributed by atoms with Crippen LogP contribution in [0.25, 0.3) is 0 Å². The molecule has 0 saturated heterocycles. The van der Waals surface area contributed by atoms with Crippen molar-refractivity contribution in [2.75, 3.05) is 19.8 Å². The molecule has 0 aliphatic heterocycles. The quantitative estimate of drug-likeness (QED) is 0.425. The van der Waals surface area contributed by atoms with Gasteiger partial charge in [-0.25, -0.2) is 0 Å². The summed E-state index contributed by atoms with van der Waals surface area (Å²) in [5.41, 5.74) is 2.32. The molecule has 1 aromatic rings. The molecule has 4 nitrogen and oxygen atoms in total. The second-order valence-corrected chi connectivity index (χ2v) is 6.71. The van der Waals surface area contributed by atoms with Gasteiger partial charge in [0, 0.05) is 36.8 Å². The maximum Gasteiger partial charge on any atom is 0.191 e. The van der Waals surface area contributed by atoms with E-state index in [1.807, 2.05) is 31.9 Å². The first kappa shape index (κ1) is 19.5. The van der Waals surface area contributed by atoms with Crippen LogP contribution in [-0.4, -0.2) is 42.1 Å². The number of pyridine rings is 1. The third kappa shape index (κ3) is 6.32. The van der Waals surface area contributed by atoms with Gasteiger partial charge in [0.05, 0.1) is 0 Å². The third-order valence-corrected chi connectivity index (χ3v) is 5.06. The van der Waals surface area contributed by atoms with E-state index in [0.717, 1.165) is 29.9 Å². The summed E-state index contributed by atoms with van der Waals surface area (Å²) in [6, 6.07) is 4.76. The number of nitrogens with zero attached hydrogens (tertiary/aromatic N) is 2. The van der Waals surface area contributed by atoms with Crippen molar-refractivity contribution in [2.45, 2.75) is 43.9 Å². The Morgan fingerprint density at radius 3 is 2.82 bits per heavy atom. The molecule has 2 rings (SSSR count). The second-order valence-electron chi connectivity index (χ2n) is 5.57. The molecule has 124 valence electrons. The zero-order chi connectivity index (χ0) is 15.1. The highest BCUT2D eigenvalue weighted by molar-refractivity contribution is 14.0. The summed E-state index contributed by atoms with van der Waals surface area (Å²) >= 11 is 1.98. The molecule has 22 heavy (non-hydrogen) atoms. The number of nitrogens with one attached hydrogen (secondary N) is 2. The predicted molar refractivity (Wildman–Crippen MR) is 108 cm³/mol. The molecule has 2 atom stereocenters. The van der Waals surface area contributed by atoms with Crippen LogP contribution in [0.5, 0.6) is 0 Å².